The van der Waals surface area contributed by atoms with Crippen LogP contribution in [-0.2, 0) is 14.3 Å². The zero-order chi connectivity index (χ0) is 13.1. The van der Waals surface area contributed by atoms with Crippen molar-refractivity contribution in [3.8, 4) is 0 Å². The molecule has 18 heavy (non-hydrogen) atoms. The second-order valence-corrected chi connectivity index (χ2v) is 5.51. The molecule has 0 bridgehead atoms. The fourth-order valence-electron chi connectivity index (χ4n) is 2.87. The van der Waals surface area contributed by atoms with Crippen molar-refractivity contribution < 1.29 is 19.4 Å². The number of nitrogens with one attached hydrogen (secondary N) is 1. The van der Waals surface area contributed by atoms with Crippen molar-refractivity contribution >= 4 is 11.9 Å². The Morgan fingerprint density at radius 3 is 2.50 bits per heavy atom. The fraction of sp³-hybridized carbons (Fsp3) is 0.846. The predicted molar refractivity (Wildman–Crippen MR) is 65.1 cm³/mol. The summed E-state index contributed by atoms with van der Waals surface area (Å²) >= 11 is 0. The van der Waals surface area contributed by atoms with E-state index in [4.69, 9.17) is 9.84 Å². The Balaban J connectivity index is 1.80. The molecule has 0 aromatic carbocycles. The molecule has 5 nitrogen and oxygen atoms in total. The summed E-state index contributed by atoms with van der Waals surface area (Å²) in [5, 5.41) is 11.8. The molecular weight excluding hydrogens is 234 g/mol. The number of carbonyl (C=O) groups excluding carboxylic acids is 1. The molecule has 2 aliphatic rings. The van der Waals surface area contributed by atoms with Gasteiger partial charge in [-0.1, -0.05) is 19.8 Å². The summed E-state index contributed by atoms with van der Waals surface area (Å²) in [7, 11) is 0. The Labute approximate surface area is 107 Å². The Hall–Kier alpha value is -1.10. The quantitative estimate of drug-likeness (QED) is 0.797. The summed E-state index contributed by atoms with van der Waals surface area (Å²) in [6, 6.07) is 0.230. The van der Waals surface area contributed by atoms with Crippen molar-refractivity contribution in [1.82, 2.24) is 5.32 Å². The Bertz CT molecular complexity index is 331. The van der Waals surface area contributed by atoms with E-state index < -0.39 is 18.2 Å². The summed E-state index contributed by atoms with van der Waals surface area (Å²) in [5.41, 5.74) is 0. The summed E-state index contributed by atoms with van der Waals surface area (Å²) in [5.74, 6) is -0.463. The van der Waals surface area contributed by atoms with Crippen molar-refractivity contribution in [2.75, 3.05) is 0 Å². The van der Waals surface area contributed by atoms with E-state index in [-0.39, 0.29) is 11.9 Å². The van der Waals surface area contributed by atoms with Crippen LogP contribution in [0.25, 0.3) is 0 Å². The number of rotatable bonds is 3. The highest BCUT2D eigenvalue weighted by Crippen LogP contribution is 2.25. The smallest absolute Gasteiger partial charge is 0.332 e. The average Bonchev–Trinajstić information content (AvgIpc) is 2.78. The molecule has 2 rings (SSSR count). The van der Waals surface area contributed by atoms with Crippen molar-refractivity contribution in [3.05, 3.63) is 0 Å². The number of hydrogen-bond donors (Lipinski definition) is 2. The molecule has 0 radical (unpaired) electrons. The molecule has 4 atom stereocenters. The number of amides is 1. The van der Waals surface area contributed by atoms with Crippen LogP contribution >= 0.6 is 0 Å². The Kier molecular flexibility index (Phi) is 4.22. The summed E-state index contributed by atoms with van der Waals surface area (Å²) in [4.78, 5) is 22.7. The number of carboxylic acid groups (broad SMARTS) is 1. The van der Waals surface area contributed by atoms with Gasteiger partial charge in [0.15, 0.2) is 6.10 Å². The molecule has 0 aromatic rings. The second-order valence-electron chi connectivity index (χ2n) is 5.51. The highest BCUT2D eigenvalue weighted by atomic mass is 16.5. The first kappa shape index (κ1) is 13.3. The number of carboxylic acids is 1. The van der Waals surface area contributed by atoms with Crippen molar-refractivity contribution in [1.29, 1.82) is 0 Å². The van der Waals surface area contributed by atoms with Gasteiger partial charge in [0.05, 0.1) is 0 Å². The average molecular weight is 255 g/mol. The fourth-order valence-corrected chi connectivity index (χ4v) is 2.87. The minimum Gasteiger partial charge on any atom is -0.479 e. The van der Waals surface area contributed by atoms with E-state index in [1.54, 1.807) is 0 Å². The van der Waals surface area contributed by atoms with Crippen LogP contribution in [0, 0.1) is 5.92 Å². The van der Waals surface area contributed by atoms with Crippen LogP contribution in [0.15, 0.2) is 0 Å². The lowest BCUT2D eigenvalue weighted by molar-refractivity contribution is -0.152. The summed E-state index contributed by atoms with van der Waals surface area (Å²) < 4.78 is 5.24. The monoisotopic (exact) mass is 255 g/mol. The molecule has 1 aliphatic carbocycles. The zero-order valence-corrected chi connectivity index (χ0v) is 10.7. The molecule has 2 N–H and O–H groups in total. The number of aliphatic carboxylic acids is 1. The zero-order valence-electron chi connectivity index (χ0n) is 10.7. The van der Waals surface area contributed by atoms with Gasteiger partial charge in [-0.15, -0.1) is 0 Å². The minimum atomic E-state index is -0.975. The molecule has 102 valence electrons. The lowest BCUT2D eigenvalue weighted by Crippen LogP contribution is -2.43. The van der Waals surface area contributed by atoms with Gasteiger partial charge in [-0.05, 0) is 31.6 Å². The van der Waals surface area contributed by atoms with Crippen LogP contribution in [-0.4, -0.2) is 35.2 Å². The van der Waals surface area contributed by atoms with E-state index in [0.717, 1.165) is 19.3 Å². The van der Waals surface area contributed by atoms with Gasteiger partial charge in [0, 0.05) is 6.04 Å². The maximum atomic E-state index is 12.0. The van der Waals surface area contributed by atoms with E-state index in [9.17, 15) is 9.59 Å². The highest BCUT2D eigenvalue weighted by molar-refractivity contribution is 5.82. The van der Waals surface area contributed by atoms with Crippen LogP contribution in [0.2, 0.25) is 0 Å². The van der Waals surface area contributed by atoms with Crippen molar-refractivity contribution in [3.63, 3.8) is 0 Å². The van der Waals surface area contributed by atoms with Gasteiger partial charge in [0.2, 0.25) is 5.91 Å². The van der Waals surface area contributed by atoms with Gasteiger partial charge >= 0.3 is 5.97 Å². The first-order valence-electron chi connectivity index (χ1n) is 6.75. The molecular formula is C13H21NO4. The maximum absolute atomic E-state index is 12.0. The van der Waals surface area contributed by atoms with Gasteiger partial charge in [-0.2, -0.15) is 0 Å². The predicted octanol–water partition coefficient (Wildman–Crippen LogP) is 1.31. The van der Waals surface area contributed by atoms with E-state index in [1.165, 1.54) is 6.42 Å². The van der Waals surface area contributed by atoms with E-state index >= 15 is 0 Å². The number of hydrogen-bond acceptors (Lipinski definition) is 3. The van der Waals surface area contributed by atoms with Crippen molar-refractivity contribution in [2.24, 2.45) is 5.92 Å². The van der Waals surface area contributed by atoms with E-state index in [1.807, 2.05) is 0 Å². The van der Waals surface area contributed by atoms with Gasteiger partial charge in [0.25, 0.3) is 0 Å². The number of ether oxygens (including phenoxy) is 1. The number of carbonyl (C=O) groups is 2. The van der Waals surface area contributed by atoms with Gasteiger partial charge in [-0.25, -0.2) is 4.79 Å². The molecule has 0 aromatic heterocycles. The minimum absolute atomic E-state index is 0.141. The van der Waals surface area contributed by atoms with Gasteiger partial charge < -0.3 is 15.2 Å². The highest BCUT2D eigenvalue weighted by Gasteiger charge is 2.35. The van der Waals surface area contributed by atoms with Crippen LogP contribution in [0.1, 0.15) is 45.4 Å². The molecule has 1 amide bonds. The summed E-state index contributed by atoms with van der Waals surface area (Å²) in [6.07, 6.45) is 3.95. The molecule has 1 heterocycles. The maximum Gasteiger partial charge on any atom is 0.332 e. The molecule has 5 heteroatoms. The molecule has 1 saturated heterocycles. The third-order valence-corrected chi connectivity index (χ3v) is 3.87. The third-order valence-electron chi connectivity index (χ3n) is 3.87. The SMILES string of the molecule is CC1CCCC(NC(=O)C2CCC(C(=O)O)O2)C1. The normalized spacial score (nSPS) is 36.3. The van der Waals surface area contributed by atoms with Crippen LogP contribution in [0.4, 0.5) is 0 Å². The lowest BCUT2D eigenvalue weighted by atomic mass is 9.87. The molecule has 2 fully saturated rings. The van der Waals surface area contributed by atoms with Gasteiger partial charge in [0.1, 0.15) is 6.10 Å². The van der Waals surface area contributed by atoms with Crippen LogP contribution < -0.4 is 5.32 Å². The summed E-state index contributed by atoms with van der Waals surface area (Å²) in [6.45, 7) is 2.20. The topological polar surface area (TPSA) is 75.6 Å². The van der Waals surface area contributed by atoms with Crippen LogP contribution in [0.5, 0.6) is 0 Å². The second kappa shape index (κ2) is 5.69. The van der Waals surface area contributed by atoms with E-state index in [2.05, 4.69) is 12.2 Å². The van der Waals surface area contributed by atoms with E-state index in [0.29, 0.717) is 18.8 Å². The van der Waals surface area contributed by atoms with Crippen LogP contribution in [0.3, 0.4) is 0 Å². The third kappa shape index (κ3) is 3.22. The van der Waals surface area contributed by atoms with Crippen molar-refractivity contribution in [2.45, 2.75) is 63.7 Å². The van der Waals surface area contributed by atoms with Gasteiger partial charge in [-0.3, -0.25) is 4.79 Å². The largest absolute Gasteiger partial charge is 0.479 e. The molecule has 1 saturated carbocycles. The lowest BCUT2D eigenvalue weighted by Gasteiger charge is -2.28. The standard InChI is InChI=1S/C13H21NO4/c1-8-3-2-4-9(7-8)14-12(15)10-5-6-11(18-10)13(16)17/h8-11H,2-7H2,1H3,(H,14,15)(H,16,17). The molecule has 4 unspecified atom stereocenters. The molecule has 1 aliphatic heterocycles. The molecule has 0 spiro atoms. The first-order chi connectivity index (χ1) is 8.56. The first-order valence-corrected chi connectivity index (χ1v) is 6.75. The Morgan fingerprint density at radius 2 is 1.89 bits per heavy atom. The Morgan fingerprint density at radius 1 is 1.17 bits per heavy atom.